The van der Waals surface area contributed by atoms with E-state index >= 15 is 0 Å². The van der Waals surface area contributed by atoms with Crippen LogP contribution >= 0.6 is 0 Å². The predicted molar refractivity (Wildman–Crippen MR) is 78.1 cm³/mol. The Bertz CT molecular complexity index is 536. The van der Waals surface area contributed by atoms with Gasteiger partial charge in [-0.25, -0.2) is 4.39 Å². The molecule has 5 heteroatoms. The van der Waals surface area contributed by atoms with Gasteiger partial charge in [0.05, 0.1) is 11.6 Å². The van der Waals surface area contributed by atoms with Crippen LogP contribution in [-0.2, 0) is 11.3 Å². The van der Waals surface area contributed by atoms with Gasteiger partial charge in [0.15, 0.2) is 0 Å². The van der Waals surface area contributed by atoms with Crippen molar-refractivity contribution in [3.63, 3.8) is 0 Å². The first-order chi connectivity index (χ1) is 9.84. The Morgan fingerprint density at radius 2 is 2.14 bits per heavy atom. The molecule has 114 valence electrons. The van der Waals surface area contributed by atoms with Crippen molar-refractivity contribution in [1.29, 1.82) is 5.26 Å². The average molecular weight is 292 g/mol. The first kappa shape index (κ1) is 17.1. The second-order valence-corrected chi connectivity index (χ2v) is 5.90. The minimum Gasteiger partial charge on any atom is -0.481 e. The molecule has 4 nitrogen and oxygen atoms in total. The Morgan fingerprint density at radius 1 is 1.43 bits per heavy atom. The van der Waals surface area contributed by atoms with Crippen LogP contribution < -0.4 is 5.32 Å². The summed E-state index contributed by atoms with van der Waals surface area (Å²) in [6.07, 6.45) is 1.64. The summed E-state index contributed by atoms with van der Waals surface area (Å²) in [5, 5.41) is 20.9. The molecule has 0 spiro atoms. The maximum Gasteiger partial charge on any atom is 0.303 e. The molecule has 2 N–H and O–H groups in total. The molecular weight excluding hydrogens is 271 g/mol. The van der Waals surface area contributed by atoms with Gasteiger partial charge < -0.3 is 10.4 Å². The number of carbonyl (C=O) groups is 1. The van der Waals surface area contributed by atoms with Crippen LogP contribution in [0.4, 0.5) is 4.39 Å². The lowest BCUT2D eigenvalue weighted by molar-refractivity contribution is -0.137. The van der Waals surface area contributed by atoms with E-state index in [1.165, 1.54) is 12.1 Å². The van der Waals surface area contributed by atoms with Gasteiger partial charge in [-0.15, -0.1) is 0 Å². The van der Waals surface area contributed by atoms with Crippen LogP contribution in [-0.4, -0.2) is 17.6 Å². The monoisotopic (exact) mass is 292 g/mol. The normalized spacial score (nSPS) is 11.1. The van der Waals surface area contributed by atoms with Crippen molar-refractivity contribution < 1.29 is 14.3 Å². The van der Waals surface area contributed by atoms with E-state index in [1.807, 2.05) is 19.9 Å². The molecule has 0 heterocycles. The summed E-state index contributed by atoms with van der Waals surface area (Å²) in [4.78, 5) is 10.6. The summed E-state index contributed by atoms with van der Waals surface area (Å²) in [6, 6.07) is 6.16. The van der Waals surface area contributed by atoms with Gasteiger partial charge in [0.2, 0.25) is 0 Å². The number of rotatable bonds is 8. The van der Waals surface area contributed by atoms with Gasteiger partial charge >= 0.3 is 5.97 Å². The summed E-state index contributed by atoms with van der Waals surface area (Å²) < 4.78 is 13.0. The zero-order valence-electron chi connectivity index (χ0n) is 12.4. The molecule has 0 unspecified atom stereocenters. The number of benzene rings is 1. The number of nitrogens with zero attached hydrogens (tertiary/aromatic N) is 1. The van der Waals surface area contributed by atoms with Crippen molar-refractivity contribution in [2.24, 2.45) is 5.41 Å². The van der Waals surface area contributed by atoms with E-state index in [0.717, 1.165) is 18.5 Å². The highest BCUT2D eigenvalue weighted by atomic mass is 19.1. The van der Waals surface area contributed by atoms with Crippen LogP contribution in [0.5, 0.6) is 0 Å². The van der Waals surface area contributed by atoms with E-state index < -0.39 is 11.8 Å². The average Bonchev–Trinajstić information content (AvgIpc) is 2.42. The van der Waals surface area contributed by atoms with Crippen LogP contribution in [0, 0.1) is 22.6 Å². The highest BCUT2D eigenvalue weighted by Crippen LogP contribution is 2.26. The van der Waals surface area contributed by atoms with Crippen LogP contribution in [0.1, 0.15) is 44.2 Å². The fourth-order valence-corrected chi connectivity index (χ4v) is 2.03. The molecule has 0 radical (unpaired) electrons. The molecule has 0 aliphatic heterocycles. The Kier molecular flexibility index (Phi) is 6.32. The lowest BCUT2D eigenvalue weighted by Crippen LogP contribution is -2.23. The highest BCUT2D eigenvalue weighted by molar-refractivity contribution is 5.66. The lowest BCUT2D eigenvalue weighted by atomic mass is 9.84. The number of carboxylic acids is 1. The Balaban J connectivity index is 2.41. The summed E-state index contributed by atoms with van der Waals surface area (Å²) in [6.45, 7) is 5.29. The van der Waals surface area contributed by atoms with E-state index in [4.69, 9.17) is 10.4 Å². The van der Waals surface area contributed by atoms with Crippen molar-refractivity contribution in [2.45, 2.75) is 39.7 Å². The van der Waals surface area contributed by atoms with Crippen molar-refractivity contribution in [1.82, 2.24) is 5.32 Å². The van der Waals surface area contributed by atoms with Crippen molar-refractivity contribution in [2.75, 3.05) is 6.54 Å². The van der Waals surface area contributed by atoms with Gasteiger partial charge in [-0.3, -0.25) is 4.79 Å². The third kappa shape index (κ3) is 6.37. The molecule has 1 aromatic carbocycles. The van der Waals surface area contributed by atoms with Crippen molar-refractivity contribution in [3.8, 4) is 6.07 Å². The maximum atomic E-state index is 13.0. The predicted octanol–water partition coefficient (Wildman–Crippen LogP) is 3.07. The van der Waals surface area contributed by atoms with E-state index in [1.54, 1.807) is 6.07 Å². The molecular formula is C16H21FN2O2. The van der Waals surface area contributed by atoms with Crippen LogP contribution in [0.15, 0.2) is 18.2 Å². The number of carboxylic acid groups (broad SMARTS) is 1. The number of halogens is 1. The van der Waals surface area contributed by atoms with E-state index in [9.17, 15) is 9.18 Å². The topological polar surface area (TPSA) is 73.1 Å². The minimum absolute atomic E-state index is 0.0494. The number of hydrogen-bond acceptors (Lipinski definition) is 3. The second-order valence-electron chi connectivity index (χ2n) is 5.90. The van der Waals surface area contributed by atoms with Crippen LogP contribution in [0.25, 0.3) is 0 Å². The molecule has 0 amide bonds. The maximum absolute atomic E-state index is 13.0. The highest BCUT2D eigenvalue weighted by Gasteiger charge is 2.18. The zero-order chi connectivity index (χ0) is 15.9. The third-order valence-corrected chi connectivity index (χ3v) is 3.50. The molecule has 21 heavy (non-hydrogen) atoms. The van der Waals surface area contributed by atoms with E-state index in [0.29, 0.717) is 18.5 Å². The zero-order valence-corrected chi connectivity index (χ0v) is 12.4. The number of nitrogens with one attached hydrogen (secondary N) is 1. The lowest BCUT2D eigenvalue weighted by Gasteiger charge is -2.24. The number of hydrogen-bond donors (Lipinski definition) is 2. The molecule has 0 aliphatic carbocycles. The quantitative estimate of drug-likeness (QED) is 0.722. The van der Waals surface area contributed by atoms with Gasteiger partial charge in [-0.05, 0) is 42.5 Å². The molecule has 0 aromatic heterocycles. The van der Waals surface area contributed by atoms with Crippen LogP contribution in [0.3, 0.4) is 0 Å². The SMILES string of the molecule is CC(C)(CCNCc1ccc(F)cc1C#N)CCC(=O)O. The molecule has 0 saturated carbocycles. The minimum atomic E-state index is -0.777. The standard InChI is InChI=1S/C16H21FN2O2/c1-16(2,6-5-15(20)21)7-8-19-11-12-3-4-14(17)9-13(12)10-18/h3-4,9,19H,5-8,11H2,1-2H3,(H,20,21). The Hall–Kier alpha value is -1.93. The summed E-state index contributed by atoms with van der Waals surface area (Å²) in [5.74, 6) is -1.19. The number of nitriles is 1. The molecule has 0 aliphatic rings. The van der Waals surface area contributed by atoms with Crippen molar-refractivity contribution in [3.05, 3.63) is 35.1 Å². The van der Waals surface area contributed by atoms with Gasteiger partial charge in [-0.2, -0.15) is 5.26 Å². The first-order valence-corrected chi connectivity index (χ1v) is 6.95. The van der Waals surface area contributed by atoms with Crippen molar-refractivity contribution >= 4 is 5.97 Å². The van der Waals surface area contributed by atoms with Gasteiger partial charge in [0.25, 0.3) is 0 Å². The summed E-state index contributed by atoms with van der Waals surface area (Å²) in [5.41, 5.74) is 1.06. The fourth-order valence-electron chi connectivity index (χ4n) is 2.03. The summed E-state index contributed by atoms with van der Waals surface area (Å²) in [7, 11) is 0. The molecule has 0 atom stereocenters. The summed E-state index contributed by atoms with van der Waals surface area (Å²) >= 11 is 0. The Morgan fingerprint density at radius 3 is 2.76 bits per heavy atom. The van der Waals surface area contributed by atoms with Gasteiger partial charge in [0.1, 0.15) is 5.82 Å². The first-order valence-electron chi connectivity index (χ1n) is 6.95. The van der Waals surface area contributed by atoms with Crippen LogP contribution in [0.2, 0.25) is 0 Å². The van der Waals surface area contributed by atoms with Gasteiger partial charge in [0, 0.05) is 13.0 Å². The smallest absolute Gasteiger partial charge is 0.303 e. The molecule has 1 rings (SSSR count). The molecule has 1 aromatic rings. The molecule has 0 saturated heterocycles. The Labute approximate surface area is 124 Å². The molecule has 0 bridgehead atoms. The fraction of sp³-hybridized carbons (Fsp3) is 0.500. The number of aliphatic carboxylic acids is 1. The van der Waals surface area contributed by atoms with E-state index in [-0.39, 0.29) is 11.8 Å². The molecule has 0 fully saturated rings. The third-order valence-electron chi connectivity index (χ3n) is 3.50. The largest absolute Gasteiger partial charge is 0.481 e. The van der Waals surface area contributed by atoms with E-state index in [2.05, 4.69) is 5.32 Å². The second kappa shape index (κ2) is 7.75. The van der Waals surface area contributed by atoms with Gasteiger partial charge in [-0.1, -0.05) is 19.9 Å².